The molecule has 176 valence electrons. The second kappa shape index (κ2) is 8.03. The summed E-state index contributed by atoms with van der Waals surface area (Å²) in [5.74, 6) is 0.960. The highest BCUT2D eigenvalue weighted by Gasteiger charge is 2.33. The van der Waals surface area contributed by atoms with Gasteiger partial charge in [0.25, 0.3) is 5.91 Å². The number of aromatic nitrogens is 5. The molecule has 1 unspecified atom stereocenters. The Bertz CT molecular complexity index is 1350. The van der Waals surface area contributed by atoms with E-state index in [-0.39, 0.29) is 11.6 Å². The van der Waals surface area contributed by atoms with Gasteiger partial charge in [0, 0.05) is 36.6 Å². The van der Waals surface area contributed by atoms with Crippen LogP contribution in [0.1, 0.15) is 29.2 Å². The molecular weight excluding hydrogens is 441 g/mol. The summed E-state index contributed by atoms with van der Waals surface area (Å²) < 4.78 is 22.6. The quantitative estimate of drug-likeness (QED) is 0.412. The number of hydrogen-bond acceptors (Lipinski definition) is 7. The van der Waals surface area contributed by atoms with Gasteiger partial charge in [0.1, 0.15) is 29.5 Å². The van der Waals surface area contributed by atoms with E-state index in [9.17, 15) is 14.3 Å². The minimum absolute atomic E-state index is 0.217. The maximum atomic E-state index is 13.7. The van der Waals surface area contributed by atoms with E-state index in [0.29, 0.717) is 49.0 Å². The van der Waals surface area contributed by atoms with Crippen LogP contribution in [0, 0.1) is 0 Å². The number of aliphatic hydroxyl groups is 1. The van der Waals surface area contributed by atoms with Crippen LogP contribution >= 0.6 is 0 Å². The first-order valence-electron chi connectivity index (χ1n) is 11.3. The van der Waals surface area contributed by atoms with Gasteiger partial charge in [-0.25, -0.2) is 14.4 Å². The molecule has 2 aromatic heterocycles. The van der Waals surface area contributed by atoms with Gasteiger partial charge in [-0.3, -0.25) is 4.79 Å². The molecule has 3 aliphatic heterocycles. The number of amides is 1. The highest BCUT2D eigenvalue weighted by molar-refractivity contribution is 6.00. The van der Waals surface area contributed by atoms with Crippen molar-refractivity contribution in [2.24, 2.45) is 0 Å². The van der Waals surface area contributed by atoms with Gasteiger partial charge < -0.3 is 25.0 Å². The van der Waals surface area contributed by atoms with Crippen molar-refractivity contribution < 1.29 is 19.0 Å². The number of ether oxygens (including phenoxy) is 1. The minimum Gasteiger partial charge on any atom is -0.388 e. The third kappa shape index (κ3) is 3.23. The third-order valence-electron chi connectivity index (χ3n) is 6.73. The van der Waals surface area contributed by atoms with Crippen molar-refractivity contribution >= 4 is 17.4 Å². The van der Waals surface area contributed by atoms with Gasteiger partial charge in [-0.05, 0) is 25.0 Å². The van der Waals surface area contributed by atoms with Crippen molar-refractivity contribution in [3.63, 3.8) is 0 Å². The minimum atomic E-state index is -1.01. The zero-order chi connectivity index (χ0) is 23.4. The summed E-state index contributed by atoms with van der Waals surface area (Å²) in [6.45, 7) is 0.706. The number of rotatable bonds is 5. The Labute approximate surface area is 194 Å². The predicted octanol–water partition coefficient (Wildman–Crippen LogP) is 1.90. The van der Waals surface area contributed by atoms with Crippen molar-refractivity contribution in [1.82, 2.24) is 29.5 Å². The number of fused-ring (bicyclic) bond motifs is 2. The lowest BCUT2D eigenvalue weighted by Crippen LogP contribution is -2.48. The molecule has 10 nitrogen and oxygen atoms in total. The highest BCUT2D eigenvalue weighted by Crippen LogP contribution is 2.36. The van der Waals surface area contributed by atoms with Crippen LogP contribution in [0.2, 0.25) is 0 Å². The van der Waals surface area contributed by atoms with E-state index in [0.717, 1.165) is 11.1 Å². The molecule has 0 radical (unpaired) electrons. The largest absolute Gasteiger partial charge is 0.388 e. The Morgan fingerprint density at radius 1 is 1.26 bits per heavy atom. The van der Waals surface area contributed by atoms with Crippen molar-refractivity contribution in [1.29, 1.82) is 0 Å². The fourth-order valence-corrected chi connectivity index (χ4v) is 4.63. The molecule has 1 saturated carbocycles. The summed E-state index contributed by atoms with van der Waals surface area (Å²) in [5.41, 5.74) is 2.91. The number of hydrogen-bond donors (Lipinski definition) is 3. The molecule has 4 aliphatic rings. The first-order chi connectivity index (χ1) is 16.5. The van der Waals surface area contributed by atoms with Crippen LogP contribution in [0.5, 0.6) is 0 Å². The number of aliphatic hydroxyl groups excluding tert-OH is 1. The van der Waals surface area contributed by atoms with Crippen molar-refractivity contribution in [2.75, 3.05) is 25.6 Å². The van der Waals surface area contributed by atoms with E-state index in [1.165, 1.54) is 6.20 Å². The molecule has 6 rings (SSSR count). The van der Waals surface area contributed by atoms with Crippen molar-refractivity contribution in [3.8, 4) is 22.6 Å². The number of nitrogens with zero attached hydrogens (tertiary/aromatic N) is 5. The fourth-order valence-electron chi connectivity index (χ4n) is 4.63. The van der Waals surface area contributed by atoms with E-state index in [2.05, 4.69) is 20.7 Å². The summed E-state index contributed by atoms with van der Waals surface area (Å²) in [4.78, 5) is 22.2. The van der Waals surface area contributed by atoms with Gasteiger partial charge in [0.15, 0.2) is 5.65 Å². The molecule has 5 heterocycles. The SMILES string of the molecule is CNc1cc(-c2cnc3n([C@@H]4COC[C@H]4O)cccc2-3)nc2c(C(=O)NC3CC[C@H]3F)cnn12. The zero-order valence-electron chi connectivity index (χ0n) is 18.5. The second-order valence-corrected chi connectivity index (χ2v) is 8.74. The van der Waals surface area contributed by atoms with E-state index >= 15 is 0 Å². The van der Waals surface area contributed by atoms with E-state index < -0.39 is 24.2 Å². The molecule has 34 heavy (non-hydrogen) atoms. The van der Waals surface area contributed by atoms with Crippen LogP contribution < -0.4 is 10.6 Å². The number of alkyl halides is 1. The van der Waals surface area contributed by atoms with Gasteiger partial charge in [-0.1, -0.05) is 0 Å². The Morgan fingerprint density at radius 2 is 2.15 bits per heavy atom. The molecule has 0 spiro atoms. The Hall–Kier alpha value is -3.57. The van der Waals surface area contributed by atoms with Gasteiger partial charge in [-0.2, -0.15) is 9.61 Å². The number of nitrogens with one attached hydrogen (secondary N) is 2. The first-order valence-corrected chi connectivity index (χ1v) is 11.3. The number of carbonyl (C=O) groups excluding carboxylic acids is 1. The predicted molar refractivity (Wildman–Crippen MR) is 122 cm³/mol. The van der Waals surface area contributed by atoms with Crippen LogP contribution in [0.15, 0.2) is 36.8 Å². The maximum Gasteiger partial charge on any atom is 0.257 e. The Balaban J connectivity index is 1.41. The normalized spacial score (nSPS) is 24.4. The lowest BCUT2D eigenvalue weighted by atomic mass is 9.90. The van der Waals surface area contributed by atoms with Crippen LogP contribution in [0.25, 0.3) is 28.3 Å². The molecule has 1 aliphatic carbocycles. The van der Waals surface area contributed by atoms with Gasteiger partial charge in [-0.15, -0.1) is 0 Å². The van der Waals surface area contributed by atoms with Crippen LogP contribution in [0.3, 0.4) is 0 Å². The zero-order valence-corrected chi connectivity index (χ0v) is 18.5. The van der Waals surface area contributed by atoms with E-state index in [1.807, 2.05) is 29.0 Å². The van der Waals surface area contributed by atoms with Crippen LogP contribution in [-0.2, 0) is 4.74 Å². The van der Waals surface area contributed by atoms with Gasteiger partial charge in [0.2, 0.25) is 0 Å². The van der Waals surface area contributed by atoms with Gasteiger partial charge in [0.05, 0.1) is 37.2 Å². The molecular formula is C23H24FN7O3. The molecule has 1 saturated heterocycles. The van der Waals surface area contributed by atoms with Crippen LogP contribution in [0.4, 0.5) is 10.2 Å². The Morgan fingerprint density at radius 3 is 2.85 bits per heavy atom. The number of halogens is 1. The molecule has 4 atom stereocenters. The van der Waals surface area contributed by atoms with E-state index in [1.54, 1.807) is 17.8 Å². The molecule has 0 bridgehead atoms. The highest BCUT2D eigenvalue weighted by atomic mass is 19.1. The lowest BCUT2D eigenvalue weighted by molar-refractivity contribution is 0.0826. The van der Waals surface area contributed by atoms with E-state index in [4.69, 9.17) is 9.72 Å². The van der Waals surface area contributed by atoms with Crippen LogP contribution in [-0.4, -0.2) is 73.7 Å². The molecule has 2 aromatic rings. The standard InChI is InChI=1S/C23H24FN7O3/c1-25-20-7-17(28-22-14(9-27-31(20)22)23(33)29-16-5-4-15(16)24)13-8-26-21-12(13)3-2-6-30(21)18-10-34-11-19(18)32/h2-3,6-9,15-16,18-19,25,32H,4-5,10-11H2,1H3,(H,29,33)/t15-,16?,18-,19-/m1/s1. The summed E-state index contributed by atoms with van der Waals surface area (Å²) in [6.07, 6.45) is 4.54. The Kier molecular flexibility index (Phi) is 4.96. The fraction of sp³-hybridized carbons (Fsp3) is 0.391. The summed E-state index contributed by atoms with van der Waals surface area (Å²) in [6, 6.07) is 5.00. The summed E-state index contributed by atoms with van der Waals surface area (Å²) in [5, 5.41) is 20.5. The molecule has 2 fully saturated rings. The monoisotopic (exact) mass is 465 g/mol. The molecule has 3 N–H and O–H groups in total. The van der Waals surface area contributed by atoms with Crippen molar-refractivity contribution in [2.45, 2.75) is 37.2 Å². The smallest absolute Gasteiger partial charge is 0.257 e. The number of anilines is 1. The first kappa shape index (κ1) is 21.0. The molecule has 0 aromatic carbocycles. The maximum absolute atomic E-state index is 13.7. The average molecular weight is 465 g/mol. The number of pyridine rings is 1. The third-order valence-corrected chi connectivity index (χ3v) is 6.73. The molecule has 11 heteroatoms. The summed E-state index contributed by atoms with van der Waals surface area (Å²) in [7, 11) is 1.76. The molecule has 1 amide bonds. The van der Waals surface area contributed by atoms with Gasteiger partial charge >= 0.3 is 0 Å². The number of carbonyl (C=O) groups is 1. The lowest BCUT2D eigenvalue weighted by Gasteiger charge is -2.30. The second-order valence-electron chi connectivity index (χ2n) is 8.74. The average Bonchev–Trinajstić information content (AvgIpc) is 3.58. The summed E-state index contributed by atoms with van der Waals surface area (Å²) >= 11 is 0. The van der Waals surface area contributed by atoms with Crippen molar-refractivity contribution in [3.05, 3.63) is 42.4 Å². The topological polar surface area (TPSA) is 119 Å².